The molecule has 0 saturated carbocycles. The molecule has 0 N–H and O–H groups in total. The largest absolute Gasteiger partial charge is 0.455 e. The molecule has 0 aliphatic heterocycles. The van der Waals surface area contributed by atoms with Crippen LogP contribution in [0.5, 0.6) is 0 Å². The van der Waals surface area contributed by atoms with Crippen LogP contribution in [0.3, 0.4) is 0 Å². The number of aromatic nitrogens is 1. The third-order valence-electron chi connectivity index (χ3n) is 14.6. The van der Waals surface area contributed by atoms with Gasteiger partial charge in [-0.25, -0.2) is 0 Å². The summed E-state index contributed by atoms with van der Waals surface area (Å²) in [6.45, 7) is 0. The van der Waals surface area contributed by atoms with Gasteiger partial charge < -0.3 is 13.9 Å². The predicted octanol–water partition coefficient (Wildman–Crippen LogP) is 19.6. The molecule has 0 aliphatic rings. The fourth-order valence-electron chi connectivity index (χ4n) is 11.2. The number of rotatable bonds is 9. The molecule has 0 fully saturated rings. The Morgan fingerprint density at radius 2 is 0.740 bits per heavy atom. The predicted molar refractivity (Wildman–Crippen MR) is 307 cm³/mol. The number of nitrogens with zero attached hydrogens (tertiary/aromatic N) is 2. The van der Waals surface area contributed by atoms with E-state index in [0.717, 1.165) is 78.1 Å². The molecule has 2 heterocycles. The summed E-state index contributed by atoms with van der Waals surface area (Å²) in [5, 5.41) is 7.25. The van der Waals surface area contributed by atoms with Crippen molar-refractivity contribution in [1.29, 1.82) is 0 Å². The van der Waals surface area contributed by atoms with Gasteiger partial charge in [-0.05, 0) is 122 Å². The van der Waals surface area contributed by atoms with Gasteiger partial charge in [-0.15, -0.1) is 0 Å². The van der Waals surface area contributed by atoms with Crippen molar-refractivity contribution in [3.63, 3.8) is 0 Å². The highest BCUT2D eigenvalue weighted by atomic mass is 16.3. The van der Waals surface area contributed by atoms with Crippen LogP contribution in [-0.2, 0) is 0 Å². The van der Waals surface area contributed by atoms with Crippen LogP contribution in [0.25, 0.3) is 116 Å². The molecule has 0 spiro atoms. The van der Waals surface area contributed by atoms with Gasteiger partial charge in [0.25, 0.3) is 0 Å². The molecular weight excluding hydrogens is 885 g/mol. The van der Waals surface area contributed by atoms with Crippen molar-refractivity contribution in [1.82, 2.24) is 4.57 Å². The fraction of sp³-hybridized carbons (Fsp3) is 0. The highest BCUT2D eigenvalue weighted by Gasteiger charge is 2.19. The van der Waals surface area contributed by atoms with Gasteiger partial charge in [0.2, 0.25) is 0 Å². The van der Waals surface area contributed by atoms with Crippen LogP contribution in [0.4, 0.5) is 17.1 Å². The Labute approximate surface area is 423 Å². The number of benzene rings is 12. The van der Waals surface area contributed by atoms with Crippen LogP contribution in [0, 0.1) is 0 Å². The molecule has 0 atom stereocenters. The molecule has 0 radical (unpaired) electrons. The maximum Gasteiger partial charge on any atom is 0.143 e. The molecule has 73 heavy (non-hydrogen) atoms. The van der Waals surface area contributed by atoms with Gasteiger partial charge in [0.1, 0.15) is 11.2 Å². The van der Waals surface area contributed by atoms with Gasteiger partial charge in [0, 0.05) is 49.7 Å². The Hall–Kier alpha value is -9.70. The minimum absolute atomic E-state index is 0.899. The van der Waals surface area contributed by atoms with Gasteiger partial charge in [-0.3, -0.25) is 0 Å². The van der Waals surface area contributed by atoms with E-state index in [9.17, 15) is 0 Å². The number of fused-ring (bicyclic) bond motifs is 7. The zero-order valence-corrected chi connectivity index (χ0v) is 39.9. The van der Waals surface area contributed by atoms with Gasteiger partial charge in [0.15, 0.2) is 0 Å². The fourth-order valence-corrected chi connectivity index (χ4v) is 11.2. The number of furan rings is 1. The Balaban J connectivity index is 0.838. The second kappa shape index (κ2) is 17.6. The number of para-hydroxylation sites is 5. The maximum absolute atomic E-state index is 6.53. The van der Waals surface area contributed by atoms with Crippen LogP contribution in [0.2, 0.25) is 0 Å². The highest BCUT2D eigenvalue weighted by molar-refractivity contribution is 6.11. The number of anilines is 3. The second-order valence-electron chi connectivity index (χ2n) is 18.8. The molecule has 0 saturated heterocycles. The van der Waals surface area contributed by atoms with Crippen molar-refractivity contribution in [2.24, 2.45) is 0 Å². The molecule has 3 nitrogen and oxygen atoms in total. The van der Waals surface area contributed by atoms with Crippen molar-refractivity contribution < 1.29 is 4.42 Å². The Morgan fingerprint density at radius 3 is 1.45 bits per heavy atom. The topological polar surface area (TPSA) is 21.3 Å². The second-order valence-corrected chi connectivity index (χ2v) is 18.8. The van der Waals surface area contributed by atoms with Crippen LogP contribution in [-0.4, -0.2) is 4.57 Å². The van der Waals surface area contributed by atoms with Crippen LogP contribution >= 0.6 is 0 Å². The Kier molecular flexibility index (Phi) is 10.2. The lowest BCUT2D eigenvalue weighted by atomic mass is 9.93. The summed E-state index contributed by atoms with van der Waals surface area (Å²) in [6, 6.07) is 101. The smallest absolute Gasteiger partial charge is 0.143 e. The van der Waals surface area contributed by atoms with E-state index in [2.05, 4.69) is 276 Å². The van der Waals surface area contributed by atoms with Crippen LogP contribution in [0.15, 0.2) is 283 Å². The average Bonchev–Trinajstić information content (AvgIpc) is 4.03. The first-order valence-electron chi connectivity index (χ1n) is 25.0. The average molecular weight is 931 g/mol. The van der Waals surface area contributed by atoms with E-state index < -0.39 is 0 Å². The Morgan fingerprint density at radius 1 is 0.274 bits per heavy atom. The first-order valence-corrected chi connectivity index (χ1v) is 25.0. The van der Waals surface area contributed by atoms with E-state index in [1.807, 2.05) is 12.1 Å². The van der Waals surface area contributed by atoms with Gasteiger partial charge in [0.05, 0.1) is 16.7 Å². The summed E-state index contributed by atoms with van der Waals surface area (Å²) in [7, 11) is 0. The van der Waals surface area contributed by atoms with E-state index in [-0.39, 0.29) is 0 Å². The third-order valence-corrected chi connectivity index (χ3v) is 14.6. The summed E-state index contributed by atoms with van der Waals surface area (Å²) in [6.07, 6.45) is 0. The van der Waals surface area contributed by atoms with Gasteiger partial charge in [-0.2, -0.15) is 0 Å². The van der Waals surface area contributed by atoms with Crippen molar-refractivity contribution in [2.45, 2.75) is 0 Å². The molecular formula is C70H46N2O. The zero-order valence-electron chi connectivity index (χ0n) is 39.9. The molecule has 0 bridgehead atoms. The van der Waals surface area contributed by atoms with E-state index >= 15 is 0 Å². The van der Waals surface area contributed by atoms with E-state index in [0.29, 0.717) is 0 Å². The molecule has 3 heteroatoms. The van der Waals surface area contributed by atoms with Crippen LogP contribution in [0.1, 0.15) is 0 Å². The monoisotopic (exact) mass is 930 g/mol. The Bertz CT molecular complexity index is 4310. The quantitative estimate of drug-likeness (QED) is 0.144. The SMILES string of the molecule is c1cc(-c2ccc(N(c3ccc(-c4ccccc4-c4cccc5c4oc4ccccc45)cc3)c3ccc(-c4cccc5ccccc45)cc3)cc2)cc(-c2ccccc2-n2c3ccccc3c3ccccc32)c1. The first kappa shape index (κ1) is 42.2. The lowest BCUT2D eigenvalue weighted by Crippen LogP contribution is -2.09. The van der Waals surface area contributed by atoms with Gasteiger partial charge >= 0.3 is 0 Å². The normalized spacial score (nSPS) is 11.6. The lowest BCUT2D eigenvalue weighted by molar-refractivity contribution is 0.670. The van der Waals surface area contributed by atoms with E-state index in [1.54, 1.807) is 0 Å². The number of hydrogen-bond acceptors (Lipinski definition) is 2. The molecule has 14 rings (SSSR count). The molecule has 0 unspecified atom stereocenters. The zero-order chi connectivity index (χ0) is 48.2. The summed E-state index contributed by atoms with van der Waals surface area (Å²) in [4.78, 5) is 2.36. The molecule has 12 aromatic carbocycles. The molecule has 2 aromatic heterocycles. The summed E-state index contributed by atoms with van der Waals surface area (Å²) >= 11 is 0. The van der Waals surface area contributed by atoms with E-state index in [1.165, 1.54) is 54.8 Å². The molecule has 0 amide bonds. The summed E-state index contributed by atoms with van der Waals surface area (Å²) in [5.74, 6) is 0. The van der Waals surface area contributed by atoms with Crippen molar-refractivity contribution in [2.75, 3.05) is 4.90 Å². The first-order chi connectivity index (χ1) is 36.2. The number of hydrogen-bond donors (Lipinski definition) is 0. The lowest BCUT2D eigenvalue weighted by Gasteiger charge is -2.26. The minimum Gasteiger partial charge on any atom is -0.455 e. The van der Waals surface area contributed by atoms with Crippen molar-refractivity contribution in [3.8, 4) is 61.3 Å². The summed E-state index contributed by atoms with van der Waals surface area (Å²) in [5.41, 5.74) is 20.1. The summed E-state index contributed by atoms with van der Waals surface area (Å²) < 4.78 is 8.95. The van der Waals surface area contributed by atoms with Crippen molar-refractivity contribution >= 4 is 71.6 Å². The molecule has 0 aliphatic carbocycles. The van der Waals surface area contributed by atoms with E-state index in [4.69, 9.17) is 4.42 Å². The van der Waals surface area contributed by atoms with Crippen LogP contribution < -0.4 is 4.90 Å². The molecule has 14 aromatic rings. The highest BCUT2D eigenvalue weighted by Crippen LogP contribution is 2.43. The third kappa shape index (κ3) is 7.29. The van der Waals surface area contributed by atoms with Crippen molar-refractivity contribution in [3.05, 3.63) is 279 Å². The van der Waals surface area contributed by atoms with Gasteiger partial charge in [-0.1, -0.05) is 212 Å². The minimum atomic E-state index is 0.899. The molecule has 342 valence electrons. The standard InChI is InChI=1S/C70H46N2O/c1-2-20-56-48(16-1)17-14-27-57(56)49-36-42-54(43-37-49)71(55-44-38-50(39-45-55)58-21-3-4-23-60(58)64-28-15-29-65-63-26-8-12-33-69(63)73-70(64)65)53-40-34-47(35-41-53)51-18-13-19-52(46-51)59-22-5-9-30-66(59)72-67-31-10-6-24-61(67)62-25-7-11-32-68(62)72/h1-46H. The maximum atomic E-state index is 6.53.